The Balaban J connectivity index is 3.03. The second-order valence-electron chi connectivity index (χ2n) is 3.17. The summed E-state index contributed by atoms with van der Waals surface area (Å²) >= 11 is 4.21. The van der Waals surface area contributed by atoms with Crippen LogP contribution in [0.4, 0.5) is 0 Å². The molecule has 0 aliphatic heterocycles. The average Bonchev–Trinajstić information content (AvgIpc) is 2.45. The standard InChI is InChI=1S/C8H10BrNO4S2/c1-4-3-6(9)8(15-4)16(13,14)10-5(2)7(11)12/h3,5,10H,1-2H3,(H,11,12)/t5-/m0/s1. The molecule has 0 saturated heterocycles. The monoisotopic (exact) mass is 327 g/mol. The molecule has 1 rings (SSSR count). The van der Waals surface area contributed by atoms with Gasteiger partial charge in [0.15, 0.2) is 0 Å². The molecule has 1 atom stereocenters. The van der Waals surface area contributed by atoms with E-state index in [1.165, 1.54) is 6.92 Å². The number of carboxylic acid groups (broad SMARTS) is 1. The third-order valence-electron chi connectivity index (χ3n) is 1.73. The molecule has 0 aliphatic rings. The summed E-state index contributed by atoms with van der Waals surface area (Å²) in [6.07, 6.45) is 0. The molecule has 0 saturated carbocycles. The van der Waals surface area contributed by atoms with Crippen LogP contribution in [0, 0.1) is 6.92 Å². The lowest BCUT2D eigenvalue weighted by atomic mass is 10.4. The highest BCUT2D eigenvalue weighted by Crippen LogP contribution is 2.30. The Morgan fingerprint density at radius 1 is 1.62 bits per heavy atom. The lowest BCUT2D eigenvalue weighted by Crippen LogP contribution is -2.38. The molecule has 2 N–H and O–H groups in total. The molecule has 0 amide bonds. The van der Waals surface area contributed by atoms with Crippen molar-refractivity contribution in [1.29, 1.82) is 0 Å². The Morgan fingerprint density at radius 2 is 2.19 bits per heavy atom. The van der Waals surface area contributed by atoms with Crippen molar-refractivity contribution in [2.24, 2.45) is 0 Å². The van der Waals surface area contributed by atoms with E-state index in [0.29, 0.717) is 4.47 Å². The van der Waals surface area contributed by atoms with Crippen LogP contribution in [0.5, 0.6) is 0 Å². The molecule has 0 spiro atoms. The van der Waals surface area contributed by atoms with E-state index in [-0.39, 0.29) is 4.21 Å². The van der Waals surface area contributed by atoms with E-state index in [2.05, 4.69) is 20.7 Å². The minimum atomic E-state index is -3.77. The summed E-state index contributed by atoms with van der Waals surface area (Å²) in [5.74, 6) is -1.21. The fourth-order valence-electron chi connectivity index (χ4n) is 0.982. The summed E-state index contributed by atoms with van der Waals surface area (Å²) < 4.78 is 26.2. The molecule has 1 aromatic heterocycles. The van der Waals surface area contributed by atoms with E-state index in [1.807, 2.05) is 0 Å². The molecule has 1 aromatic rings. The van der Waals surface area contributed by atoms with Gasteiger partial charge in [-0.2, -0.15) is 4.72 Å². The molecule has 0 fully saturated rings. The topological polar surface area (TPSA) is 83.5 Å². The molecule has 0 radical (unpaired) electrons. The van der Waals surface area contributed by atoms with E-state index in [0.717, 1.165) is 16.2 Å². The van der Waals surface area contributed by atoms with E-state index in [1.54, 1.807) is 13.0 Å². The average molecular weight is 328 g/mol. The number of hydrogen-bond acceptors (Lipinski definition) is 4. The molecule has 0 unspecified atom stereocenters. The zero-order chi connectivity index (χ0) is 12.5. The van der Waals surface area contributed by atoms with Crippen LogP contribution in [0.1, 0.15) is 11.8 Å². The maximum Gasteiger partial charge on any atom is 0.321 e. The molecule has 16 heavy (non-hydrogen) atoms. The second-order valence-corrected chi connectivity index (χ2v) is 7.19. The number of halogens is 1. The Labute approximate surface area is 106 Å². The van der Waals surface area contributed by atoms with Gasteiger partial charge in [0.25, 0.3) is 10.0 Å². The minimum absolute atomic E-state index is 0.0955. The molecule has 90 valence electrons. The van der Waals surface area contributed by atoms with Crippen molar-refractivity contribution < 1.29 is 18.3 Å². The number of nitrogens with one attached hydrogen (secondary N) is 1. The van der Waals surface area contributed by atoms with Crippen molar-refractivity contribution in [1.82, 2.24) is 4.72 Å². The van der Waals surface area contributed by atoms with Gasteiger partial charge in [-0.1, -0.05) is 0 Å². The highest BCUT2D eigenvalue weighted by molar-refractivity contribution is 9.10. The van der Waals surface area contributed by atoms with E-state index in [9.17, 15) is 13.2 Å². The molecule has 8 heteroatoms. The first-order valence-electron chi connectivity index (χ1n) is 4.25. The van der Waals surface area contributed by atoms with Crippen LogP contribution in [0.2, 0.25) is 0 Å². The number of aliphatic carboxylic acids is 1. The fraction of sp³-hybridized carbons (Fsp3) is 0.375. The van der Waals surface area contributed by atoms with Crippen LogP contribution in [-0.4, -0.2) is 25.5 Å². The largest absolute Gasteiger partial charge is 0.480 e. The number of aryl methyl sites for hydroxylation is 1. The summed E-state index contributed by atoms with van der Waals surface area (Å²) in [6.45, 7) is 3.04. The van der Waals surface area contributed by atoms with Gasteiger partial charge in [-0.25, -0.2) is 8.42 Å². The van der Waals surface area contributed by atoms with Gasteiger partial charge in [0.05, 0.1) is 0 Å². The number of sulfonamides is 1. The number of hydrogen-bond donors (Lipinski definition) is 2. The zero-order valence-corrected chi connectivity index (χ0v) is 11.7. The van der Waals surface area contributed by atoms with Gasteiger partial charge in [-0.05, 0) is 35.8 Å². The first kappa shape index (κ1) is 13.6. The number of carboxylic acids is 1. The van der Waals surface area contributed by atoms with Crippen molar-refractivity contribution in [2.45, 2.75) is 24.1 Å². The SMILES string of the molecule is Cc1cc(Br)c(S(=O)(=O)N[C@@H](C)C(=O)O)s1. The molecule has 0 aromatic carbocycles. The Kier molecular flexibility index (Phi) is 4.11. The smallest absolute Gasteiger partial charge is 0.321 e. The molecule has 0 bridgehead atoms. The highest BCUT2D eigenvalue weighted by Gasteiger charge is 2.25. The Hall–Kier alpha value is -0.440. The summed E-state index contributed by atoms with van der Waals surface area (Å²) in [4.78, 5) is 11.4. The van der Waals surface area contributed by atoms with Gasteiger partial charge >= 0.3 is 5.97 Å². The third kappa shape index (κ3) is 3.03. The maximum atomic E-state index is 11.8. The second kappa shape index (κ2) is 4.82. The molecule has 0 aliphatic carbocycles. The van der Waals surface area contributed by atoms with Gasteiger partial charge < -0.3 is 5.11 Å². The Morgan fingerprint density at radius 3 is 2.56 bits per heavy atom. The Bertz CT molecular complexity index is 508. The first-order valence-corrected chi connectivity index (χ1v) is 7.34. The van der Waals surface area contributed by atoms with Crippen LogP contribution < -0.4 is 4.72 Å². The van der Waals surface area contributed by atoms with Crippen LogP contribution >= 0.6 is 27.3 Å². The fourth-order valence-corrected chi connectivity index (χ4v) is 4.95. The highest BCUT2D eigenvalue weighted by atomic mass is 79.9. The molecular formula is C8H10BrNO4S2. The molecule has 5 nitrogen and oxygen atoms in total. The van der Waals surface area contributed by atoms with Crippen molar-refractivity contribution >= 4 is 43.3 Å². The van der Waals surface area contributed by atoms with E-state index < -0.39 is 22.0 Å². The number of thiophene rings is 1. The van der Waals surface area contributed by atoms with Crippen LogP contribution in [0.25, 0.3) is 0 Å². The lowest BCUT2D eigenvalue weighted by molar-refractivity contribution is -0.138. The quantitative estimate of drug-likeness (QED) is 0.879. The van der Waals surface area contributed by atoms with Gasteiger partial charge in [0.2, 0.25) is 0 Å². The van der Waals surface area contributed by atoms with Gasteiger partial charge in [-0.3, -0.25) is 4.79 Å². The molecule has 1 heterocycles. The van der Waals surface area contributed by atoms with Gasteiger partial charge in [0.1, 0.15) is 10.3 Å². The normalized spacial score (nSPS) is 13.7. The zero-order valence-electron chi connectivity index (χ0n) is 8.52. The van der Waals surface area contributed by atoms with Crippen LogP contribution in [0.3, 0.4) is 0 Å². The maximum absolute atomic E-state index is 11.8. The summed E-state index contributed by atoms with van der Waals surface area (Å²) in [5.41, 5.74) is 0. The van der Waals surface area contributed by atoms with E-state index >= 15 is 0 Å². The first-order chi connectivity index (χ1) is 7.24. The van der Waals surface area contributed by atoms with Crippen LogP contribution in [-0.2, 0) is 14.8 Å². The summed E-state index contributed by atoms with van der Waals surface area (Å²) in [6, 6.07) is 0.518. The van der Waals surface area contributed by atoms with Gasteiger partial charge in [0, 0.05) is 9.35 Å². The predicted octanol–water partition coefficient (Wildman–Crippen LogP) is 1.57. The van der Waals surface area contributed by atoms with Crippen molar-refractivity contribution in [2.75, 3.05) is 0 Å². The van der Waals surface area contributed by atoms with E-state index in [4.69, 9.17) is 5.11 Å². The predicted molar refractivity (Wildman–Crippen MR) is 64.2 cm³/mol. The van der Waals surface area contributed by atoms with Crippen LogP contribution in [0.15, 0.2) is 14.7 Å². The van der Waals surface area contributed by atoms with Crippen molar-refractivity contribution in [3.63, 3.8) is 0 Å². The lowest BCUT2D eigenvalue weighted by Gasteiger charge is -2.08. The molecular weight excluding hydrogens is 318 g/mol. The van der Waals surface area contributed by atoms with Crippen molar-refractivity contribution in [3.05, 3.63) is 15.4 Å². The summed E-state index contributed by atoms with van der Waals surface area (Å²) in [7, 11) is -3.77. The van der Waals surface area contributed by atoms with Gasteiger partial charge in [-0.15, -0.1) is 11.3 Å². The number of rotatable bonds is 4. The van der Waals surface area contributed by atoms with Crippen molar-refractivity contribution in [3.8, 4) is 0 Å². The summed E-state index contributed by atoms with van der Waals surface area (Å²) in [5, 5.41) is 8.63. The minimum Gasteiger partial charge on any atom is -0.480 e. The number of carbonyl (C=O) groups is 1. The third-order valence-corrected chi connectivity index (χ3v) is 6.00.